The molecule has 3 rings (SSSR count). The maximum atomic E-state index is 12.6. The van der Waals surface area contributed by atoms with Crippen molar-refractivity contribution in [2.45, 2.75) is 26.4 Å². The average molecular weight is 409 g/mol. The number of fused-ring (bicyclic) bond motifs is 1. The van der Waals surface area contributed by atoms with Gasteiger partial charge in [-0.05, 0) is 42.9 Å². The van der Waals surface area contributed by atoms with Crippen LogP contribution in [0.1, 0.15) is 25.5 Å². The second-order valence-electron chi connectivity index (χ2n) is 7.01. The van der Waals surface area contributed by atoms with Gasteiger partial charge in [0.15, 0.2) is 0 Å². The van der Waals surface area contributed by atoms with Gasteiger partial charge in [-0.3, -0.25) is 19.1 Å². The molecule has 0 bridgehead atoms. The highest BCUT2D eigenvalue weighted by Gasteiger charge is 2.19. The molecule has 0 radical (unpaired) electrons. The largest absolute Gasteiger partial charge is 0.497 e. The summed E-state index contributed by atoms with van der Waals surface area (Å²) in [5.74, 6) is 0.555. The van der Waals surface area contributed by atoms with Gasteiger partial charge >= 0.3 is 0 Å². The number of methoxy groups -OCH3 is 1. The van der Waals surface area contributed by atoms with E-state index in [0.717, 1.165) is 24.4 Å². The monoisotopic (exact) mass is 408 g/mol. The second kappa shape index (κ2) is 10.0. The number of nitrogens with one attached hydrogen (secondary N) is 1. The molecule has 0 spiro atoms. The van der Waals surface area contributed by atoms with E-state index in [9.17, 15) is 9.59 Å². The number of rotatable bonds is 9. The fourth-order valence-electron chi connectivity index (χ4n) is 3.61. The molecule has 30 heavy (non-hydrogen) atoms. The van der Waals surface area contributed by atoms with Crippen LogP contribution in [0.4, 0.5) is 0 Å². The van der Waals surface area contributed by atoms with E-state index in [1.165, 1.54) is 10.9 Å². The van der Waals surface area contributed by atoms with Crippen LogP contribution in [-0.4, -0.2) is 47.1 Å². The van der Waals surface area contributed by atoms with Crippen LogP contribution in [0.25, 0.3) is 10.9 Å². The number of para-hydroxylation sites is 1. The first-order valence-electron chi connectivity index (χ1n) is 10.2. The van der Waals surface area contributed by atoms with Crippen molar-refractivity contribution < 1.29 is 9.53 Å². The molecule has 7 heteroatoms. The van der Waals surface area contributed by atoms with E-state index in [1.54, 1.807) is 25.3 Å². The summed E-state index contributed by atoms with van der Waals surface area (Å²) in [5.41, 5.74) is 1.48. The molecule has 1 amide bonds. The predicted molar refractivity (Wildman–Crippen MR) is 118 cm³/mol. The number of nitrogens with zero attached hydrogens (tertiary/aromatic N) is 3. The molecule has 0 fully saturated rings. The van der Waals surface area contributed by atoms with Gasteiger partial charge in [0, 0.05) is 6.54 Å². The quantitative estimate of drug-likeness (QED) is 0.589. The summed E-state index contributed by atoms with van der Waals surface area (Å²) in [6.07, 6.45) is 1.42. The van der Waals surface area contributed by atoms with Gasteiger partial charge in [0.1, 0.15) is 12.3 Å². The molecule has 0 aliphatic heterocycles. The fraction of sp³-hybridized carbons (Fsp3) is 0.348. The number of amides is 1. The van der Waals surface area contributed by atoms with Crippen LogP contribution in [0, 0.1) is 0 Å². The van der Waals surface area contributed by atoms with Crippen molar-refractivity contribution in [2.24, 2.45) is 0 Å². The van der Waals surface area contributed by atoms with Crippen molar-refractivity contribution in [3.05, 3.63) is 70.8 Å². The minimum Gasteiger partial charge on any atom is -0.497 e. The van der Waals surface area contributed by atoms with Crippen molar-refractivity contribution in [3.8, 4) is 5.75 Å². The van der Waals surface area contributed by atoms with Crippen molar-refractivity contribution >= 4 is 16.8 Å². The van der Waals surface area contributed by atoms with Gasteiger partial charge in [-0.25, -0.2) is 4.98 Å². The maximum Gasteiger partial charge on any atom is 0.261 e. The van der Waals surface area contributed by atoms with E-state index in [4.69, 9.17) is 4.74 Å². The lowest BCUT2D eigenvalue weighted by Gasteiger charge is -2.30. The molecule has 0 aliphatic carbocycles. The minimum atomic E-state index is -0.228. The highest BCUT2D eigenvalue weighted by atomic mass is 16.5. The number of ether oxygens (including phenoxy) is 1. The fourth-order valence-corrected chi connectivity index (χ4v) is 3.61. The van der Waals surface area contributed by atoms with E-state index < -0.39 is 0 Å². The zero-order chi connectivity index (χ0) is 21.5. The third-order valence-electron chi connectivity index (χ3n) is 5.27. The number of aromatic nitrogens is 2. The summed E-state index contributed by atoms with van der Waals surface area (Å²) in [4.78, 5) is 31.8. The van der Waals surface area contributed by atoms with Crippen LogP contribution >= 0.6 is 0 Å². The standard InChI is InChI=1S/C23H28N4O3/c1-4-26(5-2)21(17-9-8-10-18(13-17)30-3)14-24-22(28)15-27-16-25-20-12-7-6-11-19(20)23(27)29/h6-13,16,21H,4-5,14-15H2,1-3H3,(H,24,28). The first kappa shape index (κ1) is 21.5. The first-order chi connectivity index (χ1) is 14.6. The van der Waals surface area contributed by atoms with Gasteiger partial charge in [0.05, 0.1) is 30.4 Å². The van der Waals surface area contributed by atoms with E-state index >= 15 is 0 Å². The molecule has 1 aromatic heterocycles. The van der Waals surface area contributed by atoms with Crippen molar-refractivity contribution in [3.63, 3.8) is 0 Å². The molecule has 0 aliphatic rings. The first-order valence-corrected chi connectivity index (χ1v) is 10.2. The summed E-state index contributed by atoms with van der Waals surface area (Å²) < 4.78 is 6.70. The van der Waals surface area contributed by atoms with Gasteiger partial charge in [0.2, 0.25) is 5.91 Å². The molecule has 7 nitrogen and oxygen atoms in total. The number of likely N-dealkylation sites (N-methyl/N-ethyl adjacent to an activating group) is 1. The van der Waals surface area contributed by atoms with Crippen molar-refractivity contribution in [2.75, 3.05) is 26.7 Å². The van der Waals surface area contributed by atoms with Crippen LogP contribution in [0.3, 0.4) is 0 Å². The lowest BCUT2D eigenvalue weighted by molar-refractivity contribution is -0.122. The van der Waals surface area contributed by atoms with Crippen LogP contribution < -0.4 is 15.6 Å². The van der Waals surface area contributed by atoms with Crippen LogP contribution in [0.2, 0.25) is 0 Å². The Bertz CT molecular complexity index is 1060. The number of hydrogen-bond acceptors (Lipinski definition) is 5. The Kier molecular flexibility index (Phi) is 7.19. The van der Waals surface area contributed by atoms with Gasteiger partial charge in [-0.15, -0.1) is 0 Å². The minimum absolute atomic E-state index is 0.00509. The summed E-state index contributed by atoms with van der Waals surface area (Å²) in [6.45, 7) is 6.26. The summed E-state index contributed by atoms with van der Waals surface area (Å²) in [5, 5.41) is 3.49. The normalized spacial score (nSPS) is 12.1. The Morgan fingerprint density at radius 2 is 1.93 bits per heavy atom. The lowest BCUT2D eigenvalue weighted by atomic mass is 10.0. The Morgan fingerprint density at radius 3 is 2.67 bits per heavy atom. The zero-order valence-corrected chi connectivity index (χ0v) is 17.7. The molecule has 158 valence electrons. The third-order valence-corrected chi connectivity index (χ3v) is 5.27. The Labute approximate surface area is 176 Å². The summed E-state index contributed by atoms with van der Waals surface area (Å²) >= 11 is 0. The highest BCUT2D eigenvalue weighted by Crippen LogP contribution is 2.23. The average Bonchev–Trinajstić information content (AvgIpc) is 2.78. The Morgan fingerprint density at radius 1 is 1.17 bits per heavy atom. The summed E-state index contributed by atoms with van der Waals surface area (Å²) in [6, 6.07) is 15.0. The SMILES string of the molecule is CCN(CC)C(CNC(=O)Cn1cnc2ccccc2c1=O)c1cccc(OC)c1. The van der Waals surface area contributed by atoms with E-state index in [1.807, 2.05) is 30.3 Å². The molecule has 3 aromatic rings. The van der Waals surface area contributed by atoms with Crippen LogP contribution in [-0.2, 0) is 11.3 Å². The second-order valence-corrected chi connectivity index (χ2v) is 7.01. The smallest absolute Gasteiger partial charge is 0.261 e. The van der Waals surface area contributed by atoms with Crippen molar-refractivity contribution in [1.29, 1.82) is 0 Å². The molecule has 1 heterocycles. The highest BCUT2D eigenvalue weighted by molar-refractivity contribution is 5.78. The molecule has 1 N–H and O–H groups in total. The molecular formula is C23H28N4O3. The molecule has 2 aromatic carbocycles. The van der Waals surface area contributed by atoms with Gasteiger partial charge < -0.3 is 10.1 Å². The van der Waals surface area contributed by atoms with Gasteiger partial charge in [-0.1, -0.05) is 38.1 Å². The Balaban J connectivity index is 1.74. The van der Waals surface area contributed by atoms with Crippen LogP contribution in [0.5, 0.6) is 5.75 Å². The number of carbonyl (C=O) groups is 1. The molecular weight excluding hydrogens is 380 g/mol. The van der Waals surface area contributed by atoms with E-state index in [0.29, 0.717) is 17.4 Å². The zero-order valence-electron chi connectivity index (χ0n) is 17.7. The van der Waals surface area contributed by atoms with Crippen LogP contribution in [0.15, 0.2) is 59.7 Å². The van der Waals surface area contributed by atoms with Gasteiger partial charge in [-0.2, -0.15) is 0 Å². The lowest BCUT2D eigenvalue weighted by Crippen LogP contribution is -2.40. The third kappa shape index (κ3) is 4.86. The number of hydrogen-bond donors (Lipinski definition) is 1. The molecule has 0 saturated heterocycles. The molecule has 1 unspecified atom stereocenters. The number of benzene rings is 2. The number of carbonyl (C=O) groups excluding carboxylic acids is 1. The van der Waals surface area contributed by atoms with E-state index in [2.05, 4.69) is 29.0 Å². The Hall–Kier alpha value is -3.19. The predicted octanol–water partition coefficient (Wildman–Crippen LogP) is 2.60. The van der Waals surface area contributed by atoms with E-state index in [-0.39, 0.29) is 24.1 Å². The topological polar surface area (TPSA) is 76.5 Å². The van der Waals surface area contributed by atoms with Crippen molar-refractivity contribution in [1.82, 2.24) is 19.8 Å². The van der Waals surface area contributed by atoms with Gasteiger partial charge in [0.25, 0.3) is 5.56 Å². The summed E-state index contributed by atoms with van der Waals surface area (Å²) in [7, 11) is 1.64. The molecule has 1 atom stereocenters. The maximum absolute atomic E-state index is 12.6. The molecule has 0 saturated carbocycles.